The average Bonchev–Trinajstić information content (AvgIpc) is 3.16. The smallest absolute Gasteiger partial charge is 0.264 e. The number of benzene rings is 1. The van der Waals surface area contributed by atoms with E-state index in [9.17, 15) is 9.59 Å². The van der Waals surface area contributed by atoms with E-state index in [2.05, 4.69) is 36.5 Å². The Labute approximate surface area is 169 Å². The lowest BCUT2D eigenvalue weighted by Gasteiger charge is -2.26. The van der Waals surface area contributed by atoms with Crippen LogP contribution in [0.4, 0.5) is 0 Å². The summed E-state index contributed by atoms with van der Waals surface area (Å²) >= 11 is 1.60. The number of carbonyl (C=O) groups is 2. The van der Waals surface area contributed by atoms with E-state index < -0.39 is 0 Å². The van der Waals surface area contributed by atoms with E-state index in [1.54, 1.807) is 11.3 Å². The minimum Gasteiger partial charge on any atom is -0.378 e. The first-order valence-corrected chi connectivity index (χ1v) is 10.7. The number of fused-ring (bicyclic) bond motifs is 1. The van der Waals surface area contributed by atoms with Crippen molar-refractivity contribution >= 4 is 23.2 Å². The Morgan fingerprint density at radius 3 is 2.71 bits per heavy atom. The molecule has 0 radical (unpaired) electrons. The molecule has 0 saturated carbocycles. The van der Waals surface area contributed by atoms with Gasteiger partial charge in [-0.1, -0.05) is 29.8 Å². The van der Waals surface area contributed by atoms with E-state index in [4.69, 9.17) is 4.74 Å². The maximum Gasteiger partial charge on any atom is 0.264 e. The molecule has 2 amide bonds. The molecule has 1 N–H and O–H groups in total. The van der Waals surface area contributed by atoms with Crippen molar-refractivity contribution in [2.75, 3.05) is 26.3 Å². The molecule has 1 saturated heterocycles. The third-order valence-corrected chi connectivity index (χ3v) is 6.78. The molecule has 4 rings (SSSR count). The van der Waals surface area contributed by atoms with Gasteiger partial charge in [-0.3, -0.25) is 9.59 Å². The third-order valence-electron chi connectivity index (χ3n) is 5.55. The molecule has 28 heavy (non-hydrogen) atoms. The van der Waals surface area contributed by atoms with Crippen LogP contribution in [0, 0.1) is 12.8 Å². The van der Waals surface area contributed by atoms with E-state index in [1.165, 1.54) is 16.0 Å². The lowest BCUT2D eigenvalue weighted by Crippen LogP contribution is -2.40. The van der Waals surface area contributed by atoms with Gasteiger partial charge in [-0.2, -0.15) is 0 Å². The Bertz CT molecular complexity index is 853. The highest BCUT2D eigenvalue weighted by molar-refractivity contribution is 7.14. The van der Waals surface area contributed by atoms with Gasteiger partial charge < -0.3 is 15.0 Å². The third kappa shape index (κ3) is 4.28. The summed E-state index contributed by atoms with van der Waals surface area (Å²) in [6, 6.07) is 10.2. The second-order valence-electron chi connectivity index (χ2n) is 7.61. The number of ether oxygens (including phenoxy) is 1. The normalized spacial score (nSPS) is 19.2. The first-order valence-electron chi connectivity index (χ1n) is 9.92. The fraction of sp³-hybridized carbons (Fsp3) is 0.455. The molecule has 5 nitrogen and oxygen atoms in total. The maximum atomic E-state index is 12.7. The molecular weight excluding hydrogens is 372 g/mol. The molecule has 1 aromatic carbocycles. The van der Waals surface area contributed by atoms with Gasteiger partial charge in [0, 0.05) is 30.4 Å². The first kappa shape index (κ1) is 19.2. The number of thiophene rings is 1. The Morgan fingerprint density at radius 1 is 1.21 bits per heavy atom. The van der Waals surface area contributed by atoms with Crippen LogP contribution in [0.5, 0.6) is 0 Å². The molecule has 0 bridgehead atoms. The topological polar surface area (TPSA) is 58.6 Å². The number of aryl methyl sites for hydroxylation is 2. The molecule has 6 heteroatoms. The first-order chi connectivity index (χ1) is 13.6. The predicted octanol–water partition coefficient (Wildman–Crippen LogP) is 2.95. The number of carbonyl (C=O) groups excluding carboxylic acids is 2. The highest BCUT2D eigenvalue weighted by Gasteiger charge is 2.28. The number of nitrogens with zero attached hydrogens (tertiary/aromatic N) is 1. The van der Waals surface area contributed by atoms with Gasteiger partial charge in [-0.25, -0.2) is 0 Å². The lowest BCUT2D eigenvalue weighted by atomic mass is 9.87. The second kappa shape index (κ2) is 8.45. The summed E-state index contributed by atoms with van der Waals surface area (Å²) in [5, 5.41) is 3.08. The Balaban J connectivity index is 1.36. The molecular formula is C22H26N2O3S. The second-order valence-corrected chi connectivity index (χ2v) is 8.74. The maximum absolute atomic E-state index is 12.7. The van der Waals surface area contributed by atoms with Crippen LogP contribution in [0.3, 0.4) is 0 Å². The molecule has 2 aromatic rings. The van der Waals surface area contributed by atoms with Gasteiger partial charge in [0.25, 0.3) is 5.91 Å². The van der Waals surface area contributed by atoms with E-state index in [0.717, 1.165) is 29.7 Å². The van der Waals surface area contributed by atoms with Gasteiger partial charge in [0.2, 0.25) is 5.91 Å². The predicted molar refractivity (Wildman–Crippen MR) is 110 cm³/mol. The zero-order valence-electron chi connectivity index (χ0n) is 16.2. The van der Waals surface area contributed by atoms with Gasteiger partial charge in [0.15, 0.2) is 0 Å². The van der Waals surface area contributed by atoms with E-state index in [-0.39, 0.29) is 17.7 Å². The largest absolute Gasteiger partial charge is 0.378 e. The highest BCUT2D eigenvalue weighted by Crippen LogP contribution is 2.33. The van der Waals surface area contributed by atoms with Crippen LogP contribution in [0.25, 0.3) is 0 Å². The summed E-state index contributed by atoms with van der Waals surface area (Å²) in [5.74, 6) is 0.195. The van der Waals surface area contributed by atoms with Crippen molar-refractivity contribution in [2.24, 2.45) is 5.92 Å². The fourth-order valence-electron chi connectivity index (χ4n) is 3.81. The molecule has 148 valence electrons. The molecule has 0 spiro atoms. The van der Waals surface area contributed by atoms with Crippen molar-refractivity contribution in [2.45, 2.75) is 32.7 Å². The molecule has 2 heterocycles. The zero-order chi connectivity index (χ0) is 19.5. The summed E-state index contributed by atoms with van der Waals surface area (Å²) in [7, 11) is 0. The molecule has 1 fully saturated rings. The van der Waals surface area contributed by atoms with Gasteiger partial charge in [-0.15, -0.1) is 11.3 Å². The van der Waals surface area contributed by atoms with Crippen LogP contribution in [0.15, 0.2) is 30.3 Å². The van der Waals surface area contributed by atoms with E-state index >= 15 is 0 Å². The summed E-state index contributed by atoms with van der Waals surface area (Å²) in [6.45, 7) is 5.16. The van der Waals surface area contributed by atoms with Crippen LogP contribution >= 0.6 is 11.3 Å². The molecule has 1 aromatic heterocycles. The fourth-order valence-corrected chi connectivity index (χ4v) is 4.99. The van der Waals surface area contributed by atoms with Crippen LogP contribution in [-0.2, 0) is 28.9 Å². The van der Waals surface area contributed by atoms with Crippen molar-refractivity contribution in [1.29, 1.82) is 0 Å². The minimum atomic E-state index is -0.0149. The summed E-state index contributed by atoms with van der Waals surface area (Å²) in [6.07, 6.45) is 2.44. The van der Waals surface area contributed by atoms with Gasteiger partial charge in [0.05, 0.1) is 18.1 Å². The number of rotatable bonds is 4. The Hall–Kier alpha value is -2.18. The molecule has 1 aliphatic heterocycles. The average molecular weight is 399 g/mol. The number of amides is 2. The van der Waals surface area contributed by atoms with Gasteiger partial charge in [0.1, 0.15) is 0 Å². The van der Waals surface area contributed by atoms with Crippen LogP contribution in [-0.4, -0.2) is 43.0 Å². The minimum absolute atomic E-state index is 0.0149. The van der Waals surface area contributed by atoms with Crippen molar-refractivity contribution in [3.8, 4) is 0 Å². The summed E-state index contributed by atoms with van der Waals surface area (Å²) in [4.78, 5) is 29.3. The number of nitrogens with one attached hydrogen (secondary N) is 1. The SMILES string of the molecule is Cc1ccc(CNC(=O)[C@H]2CCc3sc(C(=O)N4CCOCC4)cc3C2)cc1. The number of morpholine rings is 1. The van der Waals surface area contributed by atoms with Crippen molar-refractivity contribution in [1.82, 2.24) is 10.2 Å². The van der Waals surface area contributed by atoms with Crippen molar-refractivity contribution in [3.05, 3.63) is 56.8 Å². The van der Waals surface area contributed by atoms with E-state index in [0.29, 0.717) is 32.8 Å². The molecule has 1 aliphatic carbocycles. The highest BCUT2D eigenvalue weighted by atomic mass is 32.1. The van der Waals surface area contributed by atoms with E-state index in [1.807, 2.05) is 11.0 Å². The van der Waals surface area contributed by atoms with Crippen molar-refractivity contribution < 1.29 is 14.3 Å². The number of hydrogen-bond donors (Lipinski definition) is 1. The van der Waals surface area contributed by atoms with Crippen molar-refractivity contribution in [3.63, 3.8) is 0 Å². The molecule has 0 unspecified atom stereocenters. The summed E-state index contributed by atoms with van der Waals surface area (Å²) in [5.41, 5.74) is 3.50. The Morgan fingerprint density at radius 2 is 1.96 bits per heavy atom. The lowest BCUT2D eigenvalue weighted by molar-refractivity contribution is -0.125. The number of hydrogen-bond acceptors (Lipinski definition) is 4. The van der Waals surface area contributed by atoms with Crippen LogP contribution < -0.4 is 5.32 Å². The Kier molecular flexibility index (Phi) is 5.78. The van der Waals surface area contributed by atoms with Gasteiger partial charge >= 0.3 is 0 Å². The van der Waals surface area contributed by atoms with Crippen LogP contribution in [0.2, 0.25) is 0 Å². The van der Waals surface area contributed by atoms with Gasteiger partial charge in [-0.05, 0) is 43.4 Å². The van der Waals surface area contributed by atoms with Crippen LogP contribution in [0.1, 0.15) is 37.7 Å². The quantitative estimate of drug-likeness (QED) is 0.862. The summed E-state index contributed by atoms with van der Waals surface area (Å²) < 4.78 is 5.33. The zero-order valence-corrected chi connectivity index (χ0v) is 17.0. The molecule has 2 aliphatic rings. The molecule has 1 atom stereocenters. The standard InChI is InChI=1S/C22H26N2O3S/c1-15-2-4-16(5-3-15)14-23-21(25)17-6-7-19-18(12-17)13-20(28-19)22(26)24-8-10-27-11-9-24/h2-5,13,17H,6-12,14H2,1H3,(H,23,25)/t17-/m0/s1. The monoisotopic (exact) mass is 398 g/mol.